The summed E-state index contributed by atoms with van der Waals surface area (Å²) in [4.78, 5) is 16.8. The molecule has 18 heavy (non-hydrogen) atoms. The van der Waals surface area contributed by atoms with Gasteiger partial charge in [-0.2, -0.15) is 0 Å². The molecule has 1 aromatic heterocycles. The van der Waals surface area contributed by atoms with Crippen molar-refractivity contribution in [2.75, 3.05) is 13.1 Å². The summed E-state index contributed by atoms with van der Waals surface area (Å²) in [5.41, 5.74) is 1.32. The molecule has 1 aromatic rings. The van der Waals surface area contributed by atoms with Gasteiger partial charge in [0.05, 0.1) is 4.88 Å². The number of rotatable bonds is 2. The number of carbonyl (C=O) groups excluding carboxylic acids is 1. The summed E-state index contributed by atoms with van der Waals surface area (Å²) in [5.74, 6) is 1.50. The third-order valence-corrected chi connectivity index (χ3v) is 4.85. The highest BCUT2D eigenvalue weighted by molar-refractivity contribution is 7.14. The second kappa shape index (κ2) is 5.43. The molecule has 1 amide bonds. The van der Waals surface area contributed by atoms with Crippen LogP contribution in [0, 0.1) is 18.8 Å². The molecular weight excluding hydrogens is 242 g/mol. The lowest BCUT2D eigenvalue weighted by Crippen LogP contribution is -2.42. The smallest absolute Gasteiger partial charge is 0.263 e. The van der Waals surface area contributed by atoms with Gasteiger partial charge in [0.15, 0.2) is 0 Å². The highest BCUT2D eigenvalue weighted by atomic mass is 32.1. The largest absolute Gasteiger partial charge is 0.337 e. The van der Waals surface area contributed by atoms with Crippen molar-refractivity contribution >= 4 is 17.2 Å². The van der Waals surface area contributed by atoms with E-state index in [1.807, 2.05) is 4.90 Å². The van der Waals surface area contributed by atoms with E-state index in [9.17, 15) is 4.79 Å². The summed E-state index contributed by atoms with van der Waals surface area (Å²) < 4.78 is 0. The van der Waals surface area contributed by atoms with E-state index in [1.165, 1.54) is 16.9 Å². The molecule has 0 radical (unpaired) electrons. The Bertz CT molecular complexity index is 428. The minimum atomic E-state index is 0.237. The van der Waals surface area contributed by atoms with Crippen molar-refractivity contribution in [3.8, 4) is 0 Å². The fourth-order valence-electron chi connectivity index (χ4n) is 2.96. The molecule has 1 aliphatic heterocycles. The summed E-state index contributed by atoms with van der Waals surface area (Å²) in [6.45, 7) is 10.6. The second-order valence-corrected chi connectivity index (χ2v) is 6.96. The number of hydrogen-bond donors (Lipinski definition) is 0. The zero-order valence-electron chi connectivity index (χ0n) is 11.8. The molecule has 100 valence electrons. The predicted molar refractivity (Wildman–Crippen MR) is 77.3 cm³/mol. The third kappa shape index (κ3) is 2.77. The zero-order valence-corrected chi connectivity index (χ0v) is 12.6. The number of amides is 1. The highest BCUT2D eigenvalue weighted by Gasteiger charge is 2.27. The molecule has 0 aliphatic carbocycles. The van der Waals surface area contributed by atoms with Crippen LogP contribution in [0.15, 0.2) is 6.07 Å². The monoisotopic (exact) mass is 265 g/mol. The lowest BCUT2D eigenvalue weighted by atomic mass is 9.92. The first kappa shape index (κ1) is 13.6. The number of nitrogens with zero attached hydrogens (tertiary/aromatic N) is 1. The molecule has 1 aliphatic rings. The Morgan fingerprint density at radius 1 is 1.39 bits per heavy atom. The van der Waals surface area contributed by atoms with Crippen LogP contribution >= 0.6 is 11.3 Å². The Morgan fingerprint density at radius 3 is 2.50 bits per heavy atom. The van der Waals surface area contributed by atoms with Gasteiger partial charge < -0.3 is 4.90 Å². The Labute approximate surface area is 114 Å². The summed E-state index contributed by atoms with van der Waals surface area (Å²) in [7, 11) is 0. The van der Waals surface area contributed by atoms with Crippen molar-refractivity contribution in [2.45, 2.75) is 40.5 Å². The van der Waals surface area contributed by atoms with Crippen molar-refractivity contribution in [1.29, 1.82) is 0 Å². The summed E-state index contributed by atoms with van der Waals surface area (Å²) in [5, 5.41) is 0. The normalized spacial score (nSPS) is 24.3. The molecule has 2 heterocycles. The molecule has 1 fully saturated rings. The number of thiophene rings is 1. The van der Waals surface area contributed by atoms with Crippen LogP contribution in [-0.2, 0) is 6.42 Å². The van der Waals surface area contributed by atoms with Crippen LogP contribution in [0.1, 0.15) is 47.3 Å². The van der Waals surface area contributed by atoms with E-state index in [0.717, 1.165) is 24.4 Å². The fraction of sp³-hybridized carbons (Fsp3) is 0.667. The lowest BCUT2D eigenvalue weighted by Gasteiger charge is -2.34. The molecule has 0 N–H and O–H groups in total. The highest BCUT2D eigenvalue weighted by Crippen LogP contribution is 2.27. The van der Waals surface area contributed by atoms with Crippen LogP contribution in [0.25, 0.3) is 0 Å². The second-order valence-electron chi connectivity index (χ2n) is 5.70. The molecule has 0 bridgehead atoms. The molecule has 0 aromatic carbocycles. The molecule has 0 saturated carbocycles. The van der Waals surface area contributed by atoms with E-state index in [1.54, 1.807) is 11.3 Å². The van der Waals surface area contributed by atoms with Crippen LogP contribution in [0.5, 0.6) is 0 Å². The fourth-order valence-corrected chi connectivity index (χ4v) is 4.04. The van der Waals surface area contributed by atoms with Crippen LogP contribution in [0.2, 0.25) is 0 Å². The molecule has 2 unspecified atom stereocenters. The molecule has 3 heteroatoms. The minimum Gasteiger partial charge on any atom is -0.337 e. The van der Waals surface area contributed by atoms with Gasteiger partial charge >= 0.3 is 0 Å². The van der Waals surface area contributed by atoms with Gasteiger partial charge in [-0.3, -0.25) is 4.79 Å². The number of carbonyl (C=O) groups is 1. The van der Waals surface area contributed by atoms with Gasteiger partial charge in [0.25, 0.3) is 5.91 Å². The van der Waals surface area contributed by atoms with Gasteiger partial charge in [-0.1, -0.05) is 20.8 Å². The van der Waals surface area contributed by atoms with Gasteiger partial charge in [0.1, 0.15) is 0 Å². The molecule has 2 nitrogen and oxygen atoms in total. The number of likely N-dealkylation sites (tertiary alicyclic amines) is 1. The Hall–Kier alpha value is -0.830. The van der Waals surface area contributed by atoms with Gasteiger partial charge in [-0.05, 0) is 43.2 Å². The van der Waals surface area contributed by atoms with Gasteiger partial charge in [-0.25, -0.2) is 0 Å². The summed E-state index contributed by atoms with van der Waals surface area (Å²) >= 11 is 1.65. The van der Waals surface area contributed by atoms with Gasteiger partial charge in [0.2, 0.25) is 0 Å². The zero-order chi connectivity index (χ0) is 13.3. The maximum absolute atomic E-state index is 12.5. The molecule has 2 rings (SSSR count). The number of piperidine rings is 1. The Balaban J connectivity index is 2.14. The minimum absolute atomic E-state index is 0.237. The average Bonchev–Trinajstić information content (AvgIpc) is 2.68. The standard InChI is InChI=1S/C15H23NOS/c1-5-13-7-14(18-12(13)4)15(17)16-8-10(2)6-11(3)9-16/h7,10-11H,5-6,8-9H2,1-4H3. The molecule has 0 spiro atoms. The van der Waals surface area contributed by atoms with Crippen LogP contribution in [0.4, 0.5) is 0 Å². The first-order valence-electron chi connectivity index (χ1n) is 6.89. The first-order chi connectivity index (χ1) is 8.51. The number of aryl methyl sites for hydroxylation is 2. The Kier molecular flexibility index (Phi) is 4.10. The van der Waals surface area contributed by atoms with Crippen molar-refractivity contribution in [3.63, 3.8) is 0 Å². The SMILES string of the molecule is CCc1cc(C(=O)N2CC(C)CC(C)C2)sc1C. The van der Waals surface area contributed by atoms with Crippen molar-refractivity contribution in [3.05, 3.63) is 21.4 Å². The molecular formula is C15H23NOS. The quantitative estimate of drug-likeness (QED) is 0.797. The average molecular weight is 265 g/mol. The van der Waals surface area contributed by atoms with Gasteiger partial charge in [-0.15, -0.1) is 11.3 Å². The predicted octanol–water partition coefficient (Wildman–Crippen LogP) is 3.74. The topological polar surface area (TPSA) is 20.3 Å². The lowest BCUT2D eigenvalue weighted by molar-refractivity contribution is 0.0628. The van der Waals surface area contributed by atoms with E-state index < -0.39 is 0 Å². The number of hydrogen-bond acceptors (Lipinski definition) is 2. The molecule has 2 atom stereocenters. The van der Waals surface area contributed by atoms with E-state index in [4.69, 9.17) is 0 Å². The summed E-state index contributed by atoms with van der Waals surface area (Å²) in [6.07, 6.45) is 2.26. The first-order valence-corrected chi connectivity index (χ1v) is 7.71. The maximum atomic E-state index is 12.5. The maximum Gasteiger partial charge on any atom is 0.263 e. The Morgan fingerprint density at radius 2 is 2.00 bits per heavy atom. The van der Waals surface area contributed by atoms with E-state index >= 15 is 0 Å². The van der Waals surface area contributed by atoms with Crippen molar-refractivity contribution < 1.29 is 4.79 Å². The van der Waals surface area contributed by atoms with Crippen LogP contribution in [0.3, 0.4) is 0 Å². The third-order valence-electron chi connectivity index (χ3n) is 3.77. The summed E-state index contributed by atoms with van der Waals surface area (Å²) in [6, 6.07) is 2.09. The van der Waals surface area contributed by atoms with E-state index in [0.29, 0.717) is 11.8 Å². The van der Waals surface area contributed by atoms with Crippen LogP contribution < -0.4 is 0 Å². The van der Waals surface area contributed by atoms with E-state index in [-0.39, 0.29) is 5.91 Å². The van der Waals surface area contributed by atoms with E-state index in [2.05, 4.69) is 33.8 Å². The van der Waals surface area contributed by atoms with Crippen molar-refractivity contribution in [2.24, 2.45) is 11.8 Å². The van der Waals surface area contributed by atoms with Crippen LogP contribution in [-0.4, -0.2) is 23.9 Å². The molecule has 1 saturated heterocycles. The van der Waals surface area contributed by atoms with Crippen molar-refractivity contribution in [1.82, 2.24) is 4.90 Å². The van der Waals surface area contributed by atoms with Gasteiger partial charge in [0, 0.05) is 18.0 Å².